The SMILES string of the molecule is Oc1cccc2ccc(-c3ccc(O)c4c(O)cccc34)c(O)c12. The van der Waals surface area contributed by atoms with Crippen LogP contribution in [0.1, 0.15) is 0 Å². The van der Waals surface area contributed by atoms with Gasteiger partial charge in [0, 0.05) is 5.56 Å². The Morgan fingerprint density at radius 3 is 1.92 bits per heavy atom. The summed E-state index contributed by atoms with van der Waals surface area (Å²) in [5.41, 5.74) is 1.17. The van der Waals surface area contributed by atoms with E-state index in [-0.39, 0.29) is 23.0 Å². The van der Waals surface area contributed by atoms with Crippen LogP contribution < -0.4 is 0 Å². The summed E-state index contributed by atoms with van der Waals surface area (Å²) in [6.45, 7) is 0. The number of fused-ring (bicyclic) bond motifs is 2. The van der Waals surface area contributed by atoms with Gasteiger partial charge in [0.15, 0.2) is 0 Å². The van der Waals surface area contributed by atoms with Gasteiger partial charge in [0.05, 0.1) is 10.8 Å². The van der Waals surface area contributed by atoms with E-state index in [4.69, 9.17) is 0 Å². The number of phenolic OH excluding ortho intramolecular Hbond substituents is 4. The molecule has 4 nitrogen and oxygen atoms in total. The van der Waals surface area contributed by atoms with Crippen molar-refractivity contribution in [2.45, 2.75) is 0 Å². The van der Waals surface area contributed by atoms with Crippen LogP contribution in [0.5, 0.6) is 23.0 Å². The smallest absolute Gasteiger partial charge is 0.134 e. The summed E-state index contributed by atoms with van der Waals surface area (Å²) < 4.78 is 0. The van der Waals surface area contributed by atoms with Crippen molar-refractivity contribution in [1.82, 2.24) is 0 Å². The number of hydrogen-bond donors (Lipinski definition) is 4. The van der Waals surface area contributed by atoms with Gasteiger partial charge in [-0.3, -0.25) is 0 Å². The lowest BCUT2D eigenvalue weighted by Crippen LogP contribution is -1.86. The molecule has 0 saturated carbocycles. The summed E-state index contributed by atoms with van der Waals surface area (Å²) in [6, 6.07) is 16.7. The zero-order valence-corrected chi connectivity index (χ0v) is 12.6. The zero-order valence-electron chi connectivity index (χ0n) is 12.6. The maximum atomic E-state index is 10.7. The molecule has 4 rings (SSSR count). The van der Waals surface area contributed by atoms with Crippen molar-refractivity contribution in [3.05, 3.63) is 60.7 Å². The molecular formula is C20H14O4. The molecule has 0 bridgehead atoms. The predicted octanol–water partition coefficient (Wildman–Crippen LogP) is 4.48. The highest BCUT2D eigenvalue weighted by molar-refractivity contribution is 6.07. The molecule has 24 heavy (non-hydrogen) atoms. The fraction of sp³-hybridized carbons (Fsp3) is 0. The molecule has 0 aliphatic heterocycles. The Morgan fingerprint density at radius 1 is 0.500 bits per heavy atom. The van der Waals surface area contributed by atoms with Gasteiger partial charge >= 0.3 is 0 Å². The molecule has 0 unspecified atom stereocenters. The average Bonchev–Trinajstić information content (AvgIpc) is 2.56. The highest BCUT2D eigenvalue weighted by atomic mass is 16.3. The first-order valence-electron chi connectivity index (χ1n) is 7.45. The predicted molar refractivity (Wildman–Crippen MR) is 93.5 cm³/mol. The molecule has 0 aliphatic carbocycles. The molecule has 0 atom stereocenters. The van der Waals surface area contributed by atoms with Gasteiger partial charge < -0.3 is 20.4 Å². The Labute approximate surface area is 137 Å². The van der Waals surface area contributed by atoms with Crippen LogP contribution in [0.25, 0.3) is 32.7 Å². The lowest BCUT2D eigenvalue weighted by molar-refractivity contribution is 0.462. The van der Waals surface area contributed by atoms with Crippen molar-refractivity contribution in [2.75, 3.05) is 0 Å². The van der Waals surface area contributed by atoms with Gasteiger partial charge in [0.1, 0.15) is 23.0 Å². The standard InChI is InChI=1S/C20H14O4/c21-15-5-1-3-11-7-8-14(20(24)18(11)15)12-9-10-17(23)19-13(12)4-2-6-16(19)22/h1-10,21-24H. The Hall–Kier alpha value is -3.40. The van der Waals surface area contributed by atoms with Gasteiger partial charge in [0.2, 0.25) is 0 Å². The van der Waals surface area contributed by atoms with E-state index in [0.717, 1.165) is 5.39 Å². The van der Waals surface area contributed by atoms with E-state index in [2.05, 4.69) is 0 Å². The van der Waals surface area contributed by atoms with Gasteiger partial charge in [-0.25, -0.2) is 0 Å². The van der Waals surface area contributed by atoms with Crippen LogP contribution in [0, 0.1) is 0 Å². The quantitative estimate of drug-likeness (QED) is 0.417. The van der Waals surface area contributed by atoms with Crippen molar-refractivity contribution in [1.29, 1.82) is 0 Å². The second-order valence-corrected chi connectivity index (χ2v) is 5.67. The Balaban J connectivity index is 2.11. The van der Waals surface area contributed by atoms with E-state index >= 15 is 0 Å². The van der Waals surface area contributed by atoms with Crippen molar-refractivity contribution in [3.8, 4) is 34.1 Å². The van der Waals surface area contributed by atoms with E-state index in [1.807, 2.05) is 6.07 Å². The first kappa shape index (κ1) is 14.2. The van der Waals surface area contributed by atoms with Gasteiger partial charge in [-0.1, -0.05) is 30.3 Å². The normalized spacial score (nSPS) is 11.2. The molecule has 4 aromatic rings. The van der Waals surface area contributed by atoms with Crippen LogP contribution in [0.15, 0.2) is 60.7 Å². The fourth-order valence-corrected chi connectivity index (χ4v) is 3.16. The molecular weight excluding hydrogens is 304 g/mol. The zero-order chi connectivity index (χ0) is 16.8. The summed E-state index contributed by atoms with van der Waals surface area (Å²) in [6.07, 6.45) is 0. The van der Waals surface area contributed by atoms with Crippen molar-refractivity contribution in [2.24, 2.45) is 0 Å². The molecule has 118 valence electrons. The Kier molecular flexibility index (Phi) is 3.00. The molecule has 0 saturated heterocycles. The lowest BCUT2D eigenvalue weighted by atomic mass is 9.94. The molecule has 4 heteroatoms. The number of rotatable bonds is 1. The molecule has 0 amide bonds. The van der Waals surface area contributed by atoms with E-state index < -0.39 is 0 Å². The summed E-state index contributed by atoms with van der Waals surface area (Å²) >= 11 is 0. The molecule has 0 radical (unpaired) electrons. The number of hydrogen-bond acceptors (Lipinski definition) is 4. The minimum Gasteiger partial charge on any atom is -0.507 e. The Bertz CT molecular complexity index is 1090. The van der Waals surface area contributed by atoms with Crippen LogP contribution in [0.4, 0.5) is 0 Å². The molecule has 0 heterocycles. The van der Waals surface area contributed by atoms with E-state index in [9.17, 15) is 20.4 Å². The third-order valence-electron chi connectivity index (χ3n) is 4.28. The maximum Gasteiger partial charge on any atom is 0.134 e. The number of aromatic hydroxyl groups is 4. The molecule has 0 aliphatic rings. The highest BCUT2D eigenvalue weighted by Gasteiger charge is 2.16. The summed E-state index contributed by atoms with van der Waals surface area (Å²) in [4.78, 5) is 0. The molecule has 0 spiro atoms. The van der Waals surface area contributed by atoms with Crippen molar-refractivity contribution < 1.29 is 20.4 Å². The van der Waals surface area contributed by atoms with Crippen LogP contribution in [-0.4, -0.2) is 20.4 Å². The molecule has 0 aromatic heterocycles. The highest BCUT2D eigenvalue weighted by Crippen LogP contribution is 2.44. The third-order valence-corrected chi connectivity index (χ3v) is 4.28. The molecule has 4 N–H and O–H groups in total. The van der Waals surface area contributed by atoms with Crippen LogP contribution in [-0.2, 0) is 0 Å². The van der Waals surface area contributed by atoms with E-state index in [1.165, 1.54) is 18.2 Å². The molecule has 4 aromatic carbocycles. The number of phenols is 4. The summed E-state index contributed by atoms with van der Waals surface area (Å²) in [5.74, 6) is -0.108. The minimum atomic E-state index is -0.0408. The van der Waals surface area contributed by atoms with Gasteiger partial charge in [0.25, 0.3) is 0 Å². The largest absolute Gasteiger partial charge is 0.507 e. The molecule has 0 fully saturated rings. The van der Waals surface area contributed by atoms with Gasteiger partial charge in [-0.2, -0.15) is 0 Å². The topological polar surface area (TPSA) is 80.9 Å². The maximum absolute atomic E-state index is 10.7. The summed E-state index contributed by atoms with van der Waals surface area (Å²) in [5, 5.41) is 42.9. The van der Waals surface area contributed by atoms with Crippen molar-refractivity contribution >= 4 is 21.5 Å². The second-order valence-electron chi connectivity index (χ2n) is 5.67. The first-order chi connectivity index (χ1) is 11.6. The number of benzene rings is 4. The van der Waals surface area contributed by atoms with Crippen molar-refractivity contribution in [3.63, 3.8) is 0 Å². The average molecular weight is 318 g/mol. The van der Waals surface area contributed by atoms with Crippen LogP contribution in [0.2, 0.25) is 0 Å². The Morgan fingerprint density at radius 2 is 1.12 bits per heavy atom. The van der Waals surface area contributed by atoms with Crippen LogP contribution >= 0.6 is 0 Å². The summed E-state index contributed by atoms with van der Waals surface area (Å²) in [7, 11) is 0. The third kappa shape index (κ3) is 1.93. The monoisotopic (exact) mass is 318 g/mol. The fourth-order valence-electron chi connectivity index (χ4n) is 3.16. The van der Waals surface area contributed by atoms with Crippen LogP contribution in [0.3, 0.4) is 0 Å². The van der Waals surface area contributed by atoms with Gasteiger partial charge in [-0.15, -0.1) is 0 Å². The minimum absolute atomic E-state index is 0.00205. The van der Waals surface area contributed by atoms with Gasteiger partial charge in [-0.05, 0) is 46.7 Å². The lowest BCUT2D eigenvalue weighted by Gasteiger charge is -2.13. The first-order valence-corrected chi connectivity index (χ1v) is 7.45. The van der Waals surface area contributed by atoms with E-state index in [1.54, 1.807) is 36.4 Å². The van der Waals surface area contributed by atoms with E-state index in [0.29, 0.717) is 27.3 Å². The second kappa shape index (κ2) is 5.06.